The Morgan fingerprint density at radius 1 is 1.25 bits per heavy atom. The first-order valence-corrected chi connectivity index (χ1v) is 10.0. The van der Waals surface area contributed by atoms with Crippen molar-refractivity contribution in [2.24, 2.45) is 5.92 Å². The van der Waals surface area contributed by atoms with Crippen LogP contribution in [0.3, 0.4) is 0 Å². The normalized spacial score (nSPS) is 15.4. The number of halogens is 2. The molecule has 0 radical (unpaired) electrons. The van der Waals surface area contributed by atoms with Crippen LogP contribution in [0.1, 0.15) is 22.5 Å². The lowest BCUT2D eigenvalue weighted by Crippen LogP contribution is -2.27. The number of aromatic nitrogens is 2. The quantitative estimate of drug-likeness (QED) is 0.529. The number of nitrogens with zero attached hydrogens (tertiary/aromatic N) is 1. The number of hydrogen-bond donors (Lipinski definition) is 2. The Labute approximate surface area is 182 Å². The van der Waals surface area contributed by atoms with Crippen molar-refractivity contribution < 1.29 is 27.8 Å². The number of para-hydroxylation sites is 1. The molecule has 166 valence electrons. The molecule has 3 aromatic rings. The number of H-pyrrole nitrogens is 1. The lowest BCUT2D eigenvalue weighted by Gasteiger charge is -2.20. The fourth-order valence-corrected chi connectivity index (χ4v) is 3.84. The van der Waals surface area contributed by atoms with Gasteiger partial charge in [0.1, 0.15) is 12.4 Å². The number of ketones is 1. The standard InChI is InChI=1S/C23H21F2N3O4/c1-31-23(30)13-9-16-20(17(29)10-13)22(27-14-5-3-2-4-6-14)21(28-16)15-7-8-26-11-18(15)32-12-19(24)25/h2-8,11,13,19,27-28H,9-10,12H2,1H3. The van der Waals surface area contributed by atoms with Gasteiger partial charge in [0.25, 0.3) is 6.43 Å². The number of alkyl halides is 2. The molecule has 0 aliphatic heterocycles. The Balaban J connectivity index is 1.83. The lowest BCUT2D eigenvalue weighted by atomic mass is 9.86. The number of fused-ring (bicyclic) bond motifs is 1. The number of pyridine rings is 1. The van der Waals surface area contributed by atoms with Crippen LogP contribution in [-0.4, -0.2) is 41.9 Å². The number of anilines is 2. The molecule has 9 heteroatoms. The van der Waals surface area contributed by atoms with Crippen LogP contribution in [0.4, 0.5) is 20.2 Å². The number of rotatable bonds is 7. The molecular formula is C23H21F2N3O4. The van der Waals surface area contributed by atoms with Gasteiger partial charge >= 0.3 is 5.97 Å². The van der Waals surface area contributed by atoms with Gasteiger partial charge < -0.3 is 19.8 Å². The maximum absolute atomic E-state index is 13.1. The maximum atomic E-state index is 13.1. The summed E-state index contributed by atoms with van der Waals surface area (Å²) in [5.41, 5.74) is 3.19. The third-order valence-electron chi connectivity index (χ3n) is 5.24. The van der Waals surface area contributed by atoms with Crippen molar-refractivity contribution in [1.82, 2.24) is 9.97 Å². The highest BCUT2D eigenvalue weighted by Crippen LogP contribution is 2.42. The van der Waals surface area contributed by atoms with Crippen molar-refractivity contribution in [3.8, 4) is 17.0 Å². The van der Waals surface area contributed by atoms with Gasteiger partial charge in [-0.25, -0.2) is 8.78 Å². The number of carbonyl (C=O) groups is 2. The molecule has 1 aliphatic carbocycles. The molecular weight excluding hydrogens is 420 g/mol. The number of ether oxygens (including phenoxy) is 2. The molecule has 1 unspecified atom stereocenters. The second-order valence-corrected chi connectivity index (χ2v) is 7.35. The molecule has 0 spiro atoms. The van der Waals surface area contributed by atoms with E-state index in [4.69, 9.17) is 9.47 Å². The zero-order valence-electron chi connectivity index (χ0n) is 17.2. The van der Waals surface area contributed by atoms with E-state index in [9.17, 15) is 18.4 Å². The number of hydrogen-bond acceptors (Lipinski definition) is 6. The zero-order valence-corrected chi connectivity index (χ0v) is 17.2. The minimum Gasteiger partial charge on any atom is -0.485 e. The van der Waals surface area contributed by atoms with Crippen LogP contribution in [-0.2, 0) is 16.0 Å². The highest BCUT2D eigenvalue weighted by atomic mass is 19.3. The second kappa shape index (κ2) is 9.17. The van der Waals surface area contributed by atoms with E-state index >= 15 is 0 Å². The number of nitrogens with one attached hydrogen (secondary N) is 2. The fourth-order valence-electron chi connectivity index (χ4n) is 3.84. The van der Waals surface area contributed by atoms with Gasteiger partial charge in [0.2, 0.25) is 0 Å². The molecule has 2 aromatic heterocycles. The summed E-state index contributed by atoms with van der Waals surface area (Å²) in [6.45, 7) is -0.788. The molecule has 4 rings (SSSR count). The average Bonchev–Trinajstić information content (AvgIpc) is 3.16. The van der Waals surface area contributed by atoms with Crippen LogP contribution in [0, 0.1) is 5.92 Å². The smallest absolute Gasteiger partial charge is 0.309 e. The number of Topliss-reactive ketones (excluding diaryl/α,β-unsaturated/α-hetero) is 1. The van der Waals surface area contributed by atoms with E-state index in [-0.39, 0.29) is 24.4 Å². The Morgan fingerprint density at radius 3 is 2.75 bits per heavy atom. The summed E-state index contributed by atoms with van der Waals surface area (Å²) >= 11 is 0. The fraction of sp³-hybridized carbons (Fsp3) is 0.261. The Kier molecular flexibility index (Phi) is 6.16. The molecule has 1 aromatic carbocycles. The van der Waals surface area contributed by atoms with E-state index in [1.165, 1.54) is 19.5 Å². The summed E-state index contributed by atoms with van der Waals surface area (Å²) in [6, 6.07) is 10.9. The molecule has 2 heterocycles. The minimum atomic E-state index is -2.65. The van der Waals surface area contributed by atoms with Crippen molar-refractivity contribution >= 4 is 23.1 Å². The van der Waals surface area contributed by atoms with Crippen molar-refractivity contribution in [2.75, 3.05) is 19.0 Å². The van der Waals surface area contributed by atoms with Crippen molar-refractivity contribution in [1.29, 1.82) is 0 Å². The highest BCUT2D eigenvalue weighted by molar-refractivity contribution is 6.09. The van der Waals surface area contributed by atoms with Crippen LogP contribution in [0.2, 0.25) is 0 Å². The number of benzene rings is 1. The van der Waals surface area contributed by atoms with Gasteiger partial charge in [0.05, 0.1) is 36.2 Å². The van der Waals surface area contributed by atoms with Gasteiger partial charge in [-0.1, -0.05) is 18.2 Å². The lowest BCUT2D eigenvalue weighted by molar-refractivity contribution is -0.145. The predicted octanol–water partition coefficient (Wildman–Crippen LogP) is 4.38. The van der Waals surface area contributed by atoms with Gasteiger partial charge in [-0.3, -0.25) is 14.6 Å². The first kappa shape index (κ1) is 21.5. The van der Waals surface area contributed by atoms with E-state index in [1.54, 1.807) is 6.07 Å². The summed E-state index contributed by atoms with van der Waals surface area (Å²) in [5, 5.41) is 3.27. The third kappa shape index (κ3) is 4.32. The van der Waals surface area contributed by atoms with E-state index in [1.807, 2.05) is 30.3 Å². The third-order valence-corrected chi connectivity index (χ3v) is 5.24. The molecule has 2 N–H and O–H groups in total. The summed E-state index contributed by atoms with van der Waals surface area (Å²) in [6.07, 6.45) is 0.518. The zero-order chi connectivity index (χ0) is 22.7. The molecule has 1 atom stereocenters. The number of aromatic amines is 1. The maximum Gasteiger partial charge on any atom is 0.309 e. The summed E-state index contributed by atoms with van der Waals surface area (Å²) in [5.74, 6) is -1.11. The Morgan fingerprint density at radius 2 is 2.03 bits per heavy atom. The first-order valence-electron chi connectivity index (χ1n) is 10.0. The highest BCUT2D eigenvalue weighted by Gasteiger charge is 2.35. The van der Waals surface area contributed by atoms with Crippen LogP contribution >= 0.6 is 0 Å². The molecule has 7 nitrogen and oxygen atoms in total. The topological polar surface area (TPSA) is 93.3 Å². The average molecular weight is 441 g/mol. The largest absolute Gasteiger partial charge is 0.485 e. The molecule has 0 fully saturated rings. The van der Waals surface area contributed by atoms with Crippen LogP contribution in [0.15, 0.2) is 48.8 Å². The van der Waals surface area contributed by atoms with Crippen molar-refractivity contribution in [3.05, 3.63) is 60.0 Å². The first-order chi connectivity index (χ1) is 15.5. The molecule has 0 saturated heterocycles. The van der Waals surface area contributed by atoms with Gasteiger partial charge in [0, 0.05) is 36.0 Å². The van der Waals surface area contributed by atoms with E-state index < -0.39 is 24.9 Å². The number of methoxy groups -OCH3 is 1. The van der Waals surface area contributed by atoms with Crippen molar-refractivity contribution in [3.63, 3.8) is 0 Å². The summed E-state index contributed by atoms with van der Waals surface area (Å²) < 4.78 is 35.6. The molecule has 0 bridgehead atoms. The molecule has 0 amide bonds. The second-order valence-electron chi connectivity index (χ2n) is 7.35. The minimum absolute atomic E-state index is 0.0194. The van der Waals surface area contributed by atoms with E-state index in [0.717, 1.165) is 5.69 Å². The van der Waals surface area contributed by atoms with Gasteiger partial charge in [0.15, 0.2) is 5.78 Å². The Hall–Kier alpha value is -3.75. The van der Waals surface area contributed by atoms with Crippen LogP contribution in [0.5, 0.6) is 5.75 Å². The molecule has 0 saturated carbocycles. The summed E-state index contributed by atoms with van der Waals surface area (Å²) in [7, 11) is 1.29. The van der Waals surface area contributed by atoms with E-state index in [0.29, 0.717) is 28.2 Å². The van der Waals surface area contributed by atoms with Gasteiger partial charge in [-0.05, 0) is 18.2 Å². The summed E-state index contributed by atoms with van der Waals surface area (Å²) in [4.78, 5) is 32.3. The Bertz CT molecular complexity index is 1130. The number of esters is 1. The monoisotopic (exact) mass is 441 g/mol. The predicted molar refractivity (Wildman–Crippen MR) is 113 cm³/mol. The molecule has 32 heavy (non-hydrogen) atoms. The van der Waals surface area contributed by atoms with Crippen molar-refractivity contribution in [2.45, 2.75) is 19.3 Å². The van der Waals surface area contributed by atoms with Gasteiger partial charge in [-0.2, -0.15) is 0 Å². The number of carbonyl (C=O) groups excluding carboxylic acids is 2. The van der Waals surface area contributed by atoms with Crippen LogP contribution < -0.4 is 10.1 Å². The van der Waals surface area contributed by atoms with Crippen LogP contribution in [0.25, 0.3) is 11.3 Å². The van der Waals surface area contributed by atoms with E-state index in [2.05, 4.69) is 15.3 Å². The molecule has 1 aliphatic rings. The van der Waals surface area contributed by atoms with Gasteiger partial charge in [-0.15, -0.1) is 0 Å². The SMILES string of the molecule is COC(=O)C1CC(=O)c2c([nH]c(-c3ccncc3OCC(F)F)c2Nc2ccccc2)C1.